The second kappa shape index (κ2) is 5.99. The van der Waals surface area contributed by atoms with E-state index in [2.05, 4.69) is 20.8 Å². The van der Waals surface area contributed by atoms with Gasteiger partial charge in [0.1, 0.15) is 11.5 Å². The first-order valence-electron chi connectivity index (χ1n) is 6.09. The second-order valence-corrected chi connectivity index (χ2v) is 4.06. The molecule has 0 saturated heterocycles. The molecule has 2 rings (SSSR count). The predicted molar refractivity (Wildman–Crippen MR) is 70.8 cm³/mol. The van der Waals surface area contributed by atoms with Gasteiger partial charge < -0.3 is 15.2 Å². The molecule has 1 amide bonds. The van der Waals surface area contributed by atoms with Crippen molar-refractivity contribution in [2.24, 2.45) is 0 Å². The summed E-state index contributed by atoms with van der Waals surface area (Å²) in [6.07, 6.45) is 3.23. The quantitative estimate of drug-likeness (QED) is 0.856. The van der Waals surface area contributed by atoms with E-state index in [1.54, 1.807) is 24.5 Å². The number of aromatic nitrogens is 2. The van der Waals surface area contributed by atoms with Gasteiger partial charge in [0.2, 0.25) is 0 Å². The highest BCUT2D eigenvalue weighted by Gasteiger charge is 2.11. The molecule has 0 atom stereocenters. The number of amides is 1. The smallest absolute Gasteiger partial charge is 0.253 e. The third-order valence-electron chi connectivity index (χ3n) is 2.54. The van der Waals surface area contributed by atoms with Gasteiger partial charge in [-0.2, -0.15) is 0 Å². The number of hydrogen-bond donors (Lipinski definition) is 2. The molecule has 0 saturated carbocycles. The fourth-order valence-corrected chi connectivity index (χ4v) is 1.69. The van der Waals surface area contributed by atoms with E-state index in [4.69, 9.17) is 4.52 Å². The van der Waals surface area contributed by atoms with Gasteiger partial charge in [0.05, 0.1) is 24.0 Å². The number of pyridine rings is 1. The minimum Gasteiger partial charge on any atom is -0.383 e. The Hall–Kier alpha value is -2.37. The molecule has 0 bridgehead atoms. The SMILES string of the molecule is CCNc1cnccc1C(=O)NCc1cc(C)on1. The van der Waals surface area contributed by atoms with E-state index in [0.29, 0.717) is 17.8 Å². The van der Waals surface area contributed by atoms with Crippen LogP contribution in [0.4, 0.5) is 5.69 Å². The zero-order valence-corrected chi connectivity index (χ0v) is 10.9. The normalized spacial score (nSPS) is 10.2. The topological polar surface area (TPSA) is 80.0 Å². The van der Waals surface area contributed by atoms with Crippen LogP contribution in [0.5, 0.6) is 0 Å². The maximum absolute atomic E-state index is 12.1. The maximum Gasteiger partial charge on any atom is 0.253 e. The Bertz CT molecular complexity index is 565. The number of nitrogens with one attached hydrogen (secondary N) is 2. The summed E-state index contributed by atoms with van der Waals surface area (Å²) in [6, 6.07) is 3.47. The van der Waals surface area contributed by atoms with Gasteiger partial charge in [-0.3, -0.25) is 9.78 Å². The number of hydrogen-bond acceptors (Lipinski definition) is 5. The fraction of sp³-hybridized carbons (Fsp3) is 0.308. The molecular weight excluding hydrogens is 244 g/mol. The van der Waals surface area contributed by atoms with Crippen LogP contribution in [0.2, 0.25) is 0 Å². The molecule has 2 N–H and O–H groups in total. The Kier molecular flexibility index (Phi) is 4.12. The molecular formula is C13H16N4O2. The van der Waals surface area contributed by atoms with Gasteiger partial charge in [-0.05, 0) is 19.9 Å². The van der Waals surface area contributed by atoms with Crippen LogP contribution in [0.1, 0.15) is 28.7 Å². The zero-order chi connectivity index (χ0) is 13.7. The Morgan fingerprint density at radius 1 is 1.47 bits per heavy atom. The molecule has 100 valence electrons. The first kappa shape index (κ1) is 13.1. The number of nitrogens with zero attached hydrogens (tertiary/aromatic N) is 2. The monoisotopic (exact) mass is 260 g/mol. The third kappa shape index (κ3) is 3.31. The fourth-order valence-electron chi connectivity index (χ4n) is 1.69. The summed E-state index contributed by atoms with van der Waals surface area (Å²) in [6.45, 7) is 4.84. The molecule has 2 aromatic heterocycles. The molecule has 2 heterocycles. The lowest BCUT2D eigenvalue weighted by molar-refractivity contribution is 0.0951. The van der Waals surface area contributed by atoms with Crippen molar-refractivity contribution >= 4 is 11.6 Å². The minimum atomic E-state index is -0.168. The molecule has 0 aromatic carbocycles. The first-order chi connectivity index (χ1) is 9.20. The van der Waals surface area contributed by atoms with Gasteiger partial charge in [0.15, 0.2) is 0 Å². The Morgan fingerprint density at radius 3 is 3.00 bits per heavy atom. The summed E-state index contributed by atoms with van der Waals surface area (Å²) in [5.41, 5.74) is 1.99. The van der Waals surface area contributed by atoms with E-state index in [9.17, 15) is 4.79 Å². The number of aryl methyl sites for hydroxylation is 1. The molecule has 0 aliphatic carbocycles. The number of carbonyl (C=O) groups excluding carboxylic acids is 1. The van der Waals surface area contributed by atoms with Crippen molar-refractivity contribution in [1.82, 2.24) is 15.5 Å². The maximum atomic E-state index is 12.1. The lowest BCUT2D eigenvalue weighted by atomic mass is 10.2. The van der Waals surface area contributed by atoms with Crippen molar-refractivity contribution in [3.8, 4) is 0 Å². The van der Waals surface area contributed by atoms with Crippen LogP contribution in [0.3, 0.4) is 0 Å². The summed E-state index contributed by atoms with van der Waals surface area (Å²) in [5.74, 6) is 0.556. The van der Waals surface area contributed by atoms with Crippen molar-refractivity contribution in [2.75, 3.05) is 11.9 Å². The third-order valence-corrected chi connectivity index (χ3v) is 2.54. The largest absolute Gasteiger partial charge is 0.383 e. The average Bonchev–Trinajstić information content (AvgIpc) is 2.83. The van der Waals surface area contributed by atoms with Crippen LogP contribution in [0.15, 0.2) is 29.0 Å². The van der Waals surface area contributed by atoms with E-state index in [0.717, 1.165) is 18.0 Å². The van der Waals surface area contributed by atoms with Crippen LogP contribution in [-0.2, 0) is 6.54 Å². The van der Waals surface area contributed by atoms with Crippen LogP contribution in [-0.4, -0.2) is 22.6 Å². The highest BCUT2D eigenvalue weighted by atomic mass is 16.5. The number of anilines is 1. The van der Waals surface area contributed by atoms with Crippen molar-refractivity contribution in [2.45, 2.75) is 20.4 Å². The predicted octanol–water partition coefficient (Wildman–Crippen LogP) is 1.74. The molecule has 0 fully saturated rings. The summed E-state index contributed by atoms with van der Waals surface area (Å²) in [5, 5.41) is 9.72. The summed E-state index contributed by atoms with van der Waals surface area (Å²) < 4.78 is 4.94. The molecule has 6 nitrogen and oxygen atoms in total. The van der Waals surface area contributed by atoms with Crippen LogP contribution in [0.25, 0.3) is 0 Å². The van der Waals surface area contributed by atoms with Gasteiger partial charge in [0.25, 0.3) is 5.91 Å². The summed E-state index contributed by atoms with van der Waals surface area (Å²) >= 11 is 0. The molecule has 0 spiro atoms. The van der Waals surface area contributed by atoms with Crippen molar-refractivity contribution in [3.63, 3.8) is 0 Å². The molecule has 2 aromatic rings. The van der Waals surface area contributed by atoms with Gasteiger partial charge in [0, 0.05) is 18.8 Å². The van der Waals surface area contributed by atoms with Gasteiger partial charge >= 0.3 is 0 Å². The number of rotatable bonds is 5. The Balaban J connectivity index is 2.03. The average molecular weight is 260 g/mol. The molecule has 0 aliphatic heterocycles. The molecule has 6 heteroatoms. The second-order valence-electron chi connectivity index (χ2n) is 4.06. The first-order valence-corrected chi connectivity index (χ1v) is 6.09. The highest BCUT2D eigenvalue weighted by molar-refractivity contribution is 5.99. The van der Waals surface area contributed by atoms with Crippen molar-refractivity contribution in [1.29, 1.82) is 0 Å². The van der Waals surface area contributed by atoms with Crippen LogP contribution < -0.4 is 10.6 Å². The van der Waals surface area contributed by atoms with Gasteiger partial charge in [-0.15, -0.1) is 0 Å². The van der Waals surface area contributed by atoms with E-state index < -0.39 is 0 Å². The van der Waals surface area contributed by atoms with E-state index >= 15 is 0 Å². The Labute approximate surface area is 111 Å². The Morgan fingerprint density at radius 2 is 2.32 bits per heavy atom. The molecule has 0 aliphatic rings. The number of carbonyl (C=O) groups is 1. The highest BCUT2D eigenvalue weighted by Crippen LogP contribution is 2.13. The molecule has 0 radical (unpaired) electrons. The summed E-state index contributed by atoms with van der Waals surface area (Å²) in [4.78, 5) is 16.1. The van der Waals surface area contributed by atoms with E-state index in [1.807, 2.05) is 13.8 Å². The lowest BCUT2D eigenvalue weighted by Gasteiger charge is -2.09. The standard InChI is InChI=1S/C13H16N4O2/c1-3-15-12-8-14-5-4-11(12)13(18)16-7-10-6-9(2)19-17-10/h4-6,8,15H,3,7H2,1-2H3,(H,16,18). The lowest BCUT2D eigenvalue weighted by Crippen LogP contribution is -2.24. The van der Waals surface area contributed by atoms with Gasteiger partial charge in [-0.1, -0.05) is 5.16 Å². The van der Waals surface area contributed by atoms with Gasteiger partial charge in [-0.25, -0.2) is 0 Å². The summed E-state index contributed by atoms with van der Waals surface area (Å²) in [7, 11) is 0. The van der Waals surface area contributed by atoms with E-state index in [1.165, 1.54) is 0 Å². The molecule has 19 heavy (non-hydrogen) atoms. The minimum absolute atomic E-state index is 0.168. The van der Waals surface area contributed by atoms with Crippen molar-refractivity contribution < 1.29 is 9.32 Å². The van der Waals surface area contributed by atoms with E-state index in [-0.39, 0.29) is 5.91 Å². The van der Waals surface area contributed by atoms with Crippen LogP contribution >= 0.6 is 0 Å². The van der Waals surface area contributed by atoms with Crippen LogP contribution in [0, 0.1) is 6.92 Å². The molecule has 0 unspecified atom stereocenters. The zero-order valence-electron chi connectivity index (χ0n) is 10.9. The van der Waals surface area contributed by atoms with Crippen molar-refractivity contribution in [3.05, 3.63) is 41.5 Å².